The number of halogens is 2. The lowest BCUT2D eigenvalue weighted by Crippen LogP contribution is -2.37. The molecule has 0 fully saturated rings. The molecule has 148 valence electrons. The fraction of sp³-hybridized carbons (Fsp3) is 0.250. The third-order valence-electron chi connectivity index (χ3n) is 3.87. The first-order valence-electron chi connectivity index (χ1n) is 8.70. The zero-order valence-corrected chi connectivity index (χ0v) is 18.9. The maximum Gasteiger partial charge on any atom is 0.228 e. The average Bonchev–Trinajstić information content (AvgIpc) is 3.14. The van der Waals surface area contributed by atoms with Gasteiger partial charge in [-0.15, -0.1) is 24.0 Å². The van der Waals surface area contributed by atoms with Gasteiger partial charge in [-0.3, -0.25) is 0 Å². The number of aromatic nitrogens is 2. The number of nitrogens with zero attached hydrogens (tertiary/aromatic N) is 4. The Kier molecular flexibility index (Phi) is 8.72. The Hall–Kier alpha value is -2.13. The number of aliphatic imine (C=N–C) groups is 1. The maximum absolute atomic E-state index is 5.91. The molecule has 0 aliphatic carbocycles. The van der Waals surface area contributed by atoms with Gasteiger partial charge in [0.2, 0.25) is 11.7 Å². The van der Waals surface area contributed by atoms with E-state index < -0.39 is 0 Å². The summed E-state index contributed by atoms with van der Waals surface area (Å²) >= 11 is 5.91. The molecule has 0 saturated heterocycles. The number of guanidine groups is 1. The number of rotatable bonds is 6. The highest BCUT2D eigenvalue weighted by molar-refractivity contribution is 14.0. The van der Waals surface area contributed by atoms with Crippen LogP contribution in [0, 0.1) is 0 Å². The van der Waals surface area contributed by atoms with Crippen LogP contribution in [0.15, 0.2) is 64.1 Å². The van der Waals surface area contributed by atoms with E-state index in [1.165, 1.54) is 5.56 Å². The highest BCUT2D eigenvalue weighted by Gasteiger charge is 2.09. The van der Waals surface area contributed by atoms with Gasteiger partial charge in [-0.05, 0) is 29.8 Å². The molecule has 0 amide bonds. The summed E-state index contributed by atoms with van der Waals surface area (Å²) in [4.78, 5) is 11.0. The van der Waals surface area contributed by atoms with Crippen molar-refractivity contribution in [1.82, 2.24) is 20.4 Å². The molecule has 1 heterocycles. The predicted molar refractivity (Wildman–Crippen MR) is 123 cm³/mol. The van der Waals surface area contributed by atoms with Gasteiger partial charge in [0.05, 0.1) is 6.54 Å². The minimum absolute atomic E-state index is 0. The summed E-state index contributed by atoms with van der Waals surface area (Å²) in [6.07, 6.45) is 0.610. The highest BCUT2D eigenvalue weighted by Crippen LogP contribution is 2.18. The topological polar surface area (TPSA) is 66.5 Å². The second kappa shape index (κ2) is 11.0. The second-order valence-corrected chi connectivity index (χ2v) is 6.65. The van der Waals surface area contributed by atoms with Crippen molar-refractivity contribution in [2.24, 2.45) is 4.99 Å². The molecule has 0 aliphatic heterocycles. The fourth-order valence-corrected chi connectivity index (χ4v) is 2.58. The molecule has 3 aromatic rings. The summed E-state index contributed by atoms with van der Waals surface area (Å²) in [6.45, 7) is 1.27. The van der Waals surface area contributed by atoms with Gasteiger partial charge in [0, 0.05) is 37.6 Å². The highest BCUT2D eigenvalue weighted by atomic mass is 127. The van der Waals surface area contributed by atoms with Gasteiger partial charge in [0.1, 0.15) is 0 Å². The number of benzene rings is 2. The van der Waals surface area contributed by atoms with Crippen LogP contribution >= 0.6 is 35.6 Å². The van der Waals surface area contributed by atoms with Gasteiger partial charge in [-0.2, -0.15) is 4.98 Å². The lowest BCUT2D eigenvalue weighted by Gasteiger charge is -2.17. The van der Waals surface area contributed by atoms with Crippen LogP contribution in [0.1, 0.15) is 11.5 Å². The lowest BCUT2D eigenvalue weighted by atomic mass is 10.2. The van der Waals surface area contributed by atoms with E-state index >= 15 is 0 Å². The predicted octanol–water partition coefficient (Wildman–Crippen LogP) is 4.26. The van der Waals surface area contributed by atoms with E-state index in [4.69, 9.17) is 16.1 Å². The Morgan fingerprint density at radius 1 is 1.11 bits per heavy atom. The smallest absolute Gasteiger partial charge is 0.228 e. The van der Waals surface area contributed by atoms with Gasteiger partial charge in [-0.25, -0.2) is 4.99 Å². The quantitative estimate of drug-likeness (QED) is 0.304. The standard InChI is InChI=1S/C20H22ClN5O.HI/c1-26(2)20(23-14-15-6-4-3-5-7-15)22-13-12-18-24-19(25-27-18)16-8-10-17(21)11-9-16;/h3-11H,12-14H2,1-2H3,(H,22,23);1H. The van der Waals surface area contributed by atoms with Gasteiger partial charge >= 0.3 is 0 Å². The maximum atomic E-state index is 5.91. The Balaban J connectivity index is 0.00000280. The van der Waals surface area contributed by atoms with Crippen LogP contribution < -0.4 is 5.32 Å². The summed E-state index contributed by atoms with van der Waals surface area (Å²) in [5.74, 6) is 1.96. The first-order valence-corrected chi connectivity index (χ1v) is 9.08. The molecule has 0 radical (unpaired) electrons. The van der Waals surface area contributed by atoms with E-state index in [9.17, 15) is 0 Å². The van der Waals surface area contributed by atoms with Crippen molar-refractivity contribution in [2.75, 3.05) is 20.6 Å². The van der Waals surface area contributed by atoms with Crippen molar-refractivity contribution in [3.63, 3.8) is 0 Å². The third kappa shape index (κ3) is 6.49. The van der Waals surface area contributed by atoms with E-state index in [1.807, 2.05) is 49.3 Å². The molecule has 28 heavy (non-hydrogen) atoms. The zero-order valence-electron chi connectivity index (χ0n) is 15.8. The van der Waals surface area contributed by atoms with E-state index in [2.05, 4.69) is 32.6 Å². The molecule has 2 aromatic carbocycles. The molecule has 0 atom stereocenters. The van der Waals surface area contributed by atoms with Crippen molar-refractivity contribution in [3.8, 4) is 11.4 Å². The number of hydrogen-bond acceptors (Lipinski definition) is 4. The normalized spacial score (nSPS) is 11.0. The van der Waals surface area contributed by atoms with Crippen molar-refractivity contribution in [3.05, 3.63) is 71.1 Å². The van der Waals surface area contributed by atoms with Gasteiger partial charge in [0.25, 0.3) is 0 Å². The first kappa shape index (κ1) is 22.2. The van der Waals surface area contributed by atoms with E-state index in [-0.39, 0.29) is 24.0 Å². The van der Waals surface area contributed by atoms with E-state index in [1.54, 1.807) is 12.1 Å². The lowest BCUT2D eigenvalue weighted by molar-refractivity contribution is 0.378. The van der Waals surface area contributed by atoms with Gasteiger partial charge in [0.15, 0.2) is 5.96 Å². The Labute approximate surface area is 187 Å². The van der Waals surface area contributed by atoms with Gasteiger partial charge < -0.3 is 14.7 Å². The number of hydrogen-bond donors (Lipinski definition) is 1. The van der Waals surface area contributed by atoms with Crippen molar-refractivity contribution < 1.29 is 4.52 Å². The summed E-state index contributed by atoms with van der Waals surface area (Å²) in [7, 11) is 3.92. The molecule has 8 heteroatoms. The fourth-order valence-electron chi connectivity index (χ4n) is 2.46. The van der Waals surface area contributed by atoms with Crippen molar-refractivity contribution in [1.29, 1.82) is 0 Å². The minimum Gasteiger partial charge on any atom is -0.356 e. The van der Waals surface area contributed by atoms with Crippen LogP contribution in [0.25, 0.3) is 11.4 Å². The molecule has 0 aliphatic rings. The SMILES string of the molecule is CN(C)C(=NCc1ccccc1)NCCc1nc(-c2ccc(Cl)cc2)no1.I. The molecular formula is C20H23ClIN5O. The molecule has 0 spiro atoms. The van der Waals surface area contributed by atoms with Crippen LogP contribution in [0.4, 0.5) is 0 Å². The molecule has 1 aromatic heterocycles. The number of nitrogens with one attached hydrogen (secondary N) is 1. The van der Waals surface area contributed by atoms with Crippen LogP contribution in [0.3, 0.4) is 0 Å². The zero-order chi connectivity index (χ0) is 19.1. The summed E-state index contributed by atoms with van der Waals surface area (Å²) < 4.78 is 5.33. The summed E-state index contributed by atoms with van der Waals surface area (Å²) in [5.41, 5.74) is 2.05. The third-order valence-corrected chi connectivity index (χ3v) is 4.12. The molecule has 0 saturated carbocycles. The molecular weight excluding hydrogens is 489 g/mol. The Morgan fingerprint density at radius 3 is 2.50 bits per heavy atom. The second-order valence-electron chi connectivity index (χ2n) is 6.22. The molecule has 0 unspecified atom stereocenters. The van der Waals surface area contributed by atoms with Crippen LogP contribution in [0.2, 0.25) is 5.02 Å². The van der Waals surface area contributed by atoms with E-state index in [0.717, 1.165) is 11.5 Å². The monoisotopic (exact) mass is 511 g/mol. The van der Waals surface area contributed by atoms with Gasteiger partial charge in [-0.1, -0.05) is 47.1 Å². The largest absolute Gasteiger partial charge is 0.356 e. The van der Waals surface area contributed by atoms with Crippen molar-refractivity contribution >= 4 is 41.5 Å². The molecule has 6 nitrogen and oxygen atoms in total. The van der Waals surface area contributed by atoms with E-state index in [0.29, 0.717) is 36.2 Å². The van der Waals surface area contributed by atoms with Crippen LogP contribution in [0.5, 0.6) is 0 Å². The minimum atomic E-state index is 0. The Bertz CT molecular complexity index is 881. The van der Waals surface area contributed by atoms with Crippen LogP contribution in [-0.4, -0.2) is 41.6 Å². The summed E-state index contributed by atoms with van der Waals surface area (Å²) in [6, 6.07) is 17.5. The Morgan fingerprint density at radius 2 is 1.82 bits per heavy atom. The molecule has 3 rings (SSSR count). The van der Waals surface area contributed by atoms with Crippen LogP contribution in [-0.2, 0) is 13.0 Å². The van der Waals surface area contributed by atoms with Crippen molar-refractivity contribution in [2.45, 2.75) is 13.0 Å². The first-order chi connectivity index (χ1) is 13.1. The summed E-state index contributed by atoms with van der Waals surface area (Å²) in [5, 5.41) is 8.03. The molecule has 0 bridgehead atoms. The molecule has 1 N–H and O–H groups in total. The average molecular weight is 512 g/mol.